The van der Waals surface area contributed by atoms with Gasteiger partial charge in [0.25, 0.3) is 10.0 Å². The molecule has 1 amide bonds. The zero-order valence-corrected chi connectivity index (χ0v) is 13.3. The lowest BCUT2D eigenvalue weighted by atomic mass is 9.69. The molecule has 0 aromatic heterocycles. The van der Waals surface area contributed by atoms with E-state index >= 15 is 0 Å². The Morgan fingerprint density at radius 2 is 2.05 bits per heavy atom. The third kappa shape index (κ3) is 1.20. The Morgan fingerprint density at radius 1 is 1.40 bits per heavy atom. The highest BCUT2D eigenvalue weighted by atomic mass is 32.2. The zero-order chi connectivity index (χ0) is 15.0. The number of rotatable bonds is 3. The highest BCUT2D eigenvalue weighted by Crippen LogP contribution is 2.78. The normalized spacial score (nSPS) is 43.0. The van der Waals surface area contributed by atoms with Crippen LogP contribution in [-0.2, 0) is 14.8 Å². The fourth-order valence-corrected chi connectivity index (χ4v) is 7.70. The van der Waals surface area contributed by atoms with E-state index < -0.39 is 14.9 Å². The summed E-state index contributed by atoms with van der Waals surface area (Å²) in [6.07, 6.45) is 5.03. The minimum Gasteiger partial charge on any atom is -0.274 e. The number of fused-ring (bicyclic) bond motifs is 3. The van der Waals surface area contributed by atoms with Crippen molar-refractivity contribution in [1.29, 1.82) is 0 Å². The van der Waals surface area contributed by atoms with E-state index in [-0.39, 0.29) is 23.2 Å². The van der Waals surface area contributed by atoms with Crippen LogP contribution >= 0.6 is 0 Å². The van der Waals surface area contributed by atoms with Crippen LogP contribution in [0.1, 0.15) is 52.9 Å². The van der Waals surface area contributed by atoms with Crippen LogP contribution in [0.5, 0.6) is 0 Å². The summed E-state index contributed by atoms with van der Waals surface area (Å²) in [6.45, 7) is 9.99. The largest absolute Gasteiger partial charge is 0.274 e. The highest BCUT2D eigenvalue weighted by Gasteiger charge is 2.87. The topological polar surface area (TPSA) is 54.2 Å². The van der Waals surface area contributed by atoms with E-state index in [0.717, 1.165) is 12.8 Å². The van der Waals surface area contributed by atoms with E-state index in [4.69, 9.17) is 0 Å². The molecule has 0 aromatic carbocycles. The van der Waals surface area contributed by atoms with Gasteiger partial charge < -0.3 is 0 Å². The molecule has 20 heavy (non-hydrogen) atoms. The number of amides is 1. The summed E-state index contributed by atoms with van der Waals surface area (Å²) in [4.78, 5) is 11.4. The van der Waals surface area contributed by atoms with Gasteiger partial charge in [0.15, 0.2) is 4.87 Å². The van der Waals surface area contributed by atoms with Gasteiger partial charge in [-0.2, -0.15) is 0 Å². The third-order valence-electron chi connectivity index (χ3n) is 6.57. The molecule has 1 aliphatic heterocycles. The molecule has 1 saturated heterocycles. The molecule has 5 heteroatoms. The average molecular weight is 297 g/mol. The number of sulfonamides is 1. The molecule has 4 nitrogen and oxygen atoms in total. The standard InChI is InChI=1S/C15H23NO3S/c1-5-6-7-12(17)16-15(20(16,18)19)10-11-8-9-14(15,4)13(11,2)3/h5,11H,1,6-10H2,2-4H3/t11?,14?,15-,16?/m1/s1. The first kappa shape index (κ1) is 14.1. The Morgan fingerprint density at radius 3 is 2.50 bits per heavy atom. The van der Waals surface area contributed by atoms with Crippen LogP contribution < -0.4 is 0 Å². The summed E-state index contributed by atoms with van der Waals surface area (Å²) >= 11 is 0. The van der Waals surface area contributed by atoms with Gasteiger partial charge in [0.05, 0.1) is 0 Å². The van der Waals surface area contributed by atoms with Gasteiger partial charge in [-0.05, 0) is 37.0 Å². The van der Waals surface area contributed by atoms with Crippen molar-refractivity contribution in [1.82, 2.24) is 4.31 Å². The van der Waals surface area contributed by atoms with Crippen LogP contribution in [0.4, 0.5) is 0 Å². The molecular formula is C15H23NO3S. The molecule has 2 saturated carbocycles. The fraction of sp³-hybridized carbons (Fsp3) is 0.800. The molecule has 112 valence electrons. The summed E-state index contributed by atoms with van der Waals surface area (Å²) in [5.74, 6) is 0.147. The number of hydrogen-bond acceptors (Lipinski definition) is 3. The molecule has 3 rings (SSSR count). The van der Waals surface area contributed by atoms with E-state index in [0.29, 0.717) is 18.8 Å². The summed E-state index contributed by atoms with van der Waals surface area (Å²) < 4.78 is 26.4. The maximum atomic E-state index is 12.6. The molecule has 1 spiro atoms. The molecule has 0 radical (unpaired) electrons. The molecule has 3 atom stereocenters. The minimum absolute atomic E-state index is 0.0203. The second-order valence-corrected chi connectivity index (χ2v) is 9.26. The Labute approximate surface area is 121 Å². The van der Waals surface area contributed by atoms with Crippen LogP contribution in [0, 0.1) is 16.7 Å². The maximum absolute atomic E-state index is 12.6. The monoisotopic (exact) mass is 297 g/mol. The van der Waals surface area contributed by atoms with Crippen molar-refractivity contribution < 1.29 is 13.2 Å². The Bertz CT molecular complexity index is 594. The van der Waals surface area contributed by atoms with Crippen LogP contribution in [-0.4, -0.2) is 23.5 Å². The molecule has 3 aliphatic rings. The Kier molecular flexibility index (Phi) is 2.59. The number of carbonyl (C=O) groups excluding carboxylic acids is 1. The van der Waals surface area contributed by atoms with Crippen molar-refractivity contribution in [3.63, 3.8) is 0 Å². The summed E-state index contributed by atoms with van der Waals surface area (Å²) in [5.41, 5.74) is -0.332. The summed E-state index contributed by atoms with van der Waals surface area (Å²) in [6, 6.07) is 0. The van der Waals surface area contributed by atoms with Crippen LogP contribution in [0.2, 0.25) is 0 Å². The second kappa shape index (κ2) is 3.67. The molecule has 2 unspecified atom stereocenters. The van der Waals surface area contributed by atoms with Gasteiger partial charge in [-0.25, -0.2) is 12.7 Å². The van der Waals surface area contributed by atoms with Crippen molar-refractivity contribution in [2.45, 2.75) is 57.7 Å². The smallest absolute Gasteiger partial charge is 0.264 e. The van der Waals surface area contributed by atoms with E-state index in [1.807, 2.05) is 0 Å². The first-order chi connectivity index (χ1) is 9.17. The molecule has 2 bridgehead atoms. The van der Waals surface area contributed by atoms with Crippen molar-refractivity contribution in [2.24, 2.45) is 16.7 Å². The van der Waals surface area contributed by atoms with Gasteiger partial charge in [-0.1, -0.05) is 26.8 Å². The van der Waals surface area contributed by atoms with Gasteiger partial charge >= 0.3 is 0 Å². The lowest BCUT2D eigenvalue weighted by Crippen LogP contribution is -2.42. The fourth-order valence-electron chi connectivity index (χ4n) is 4.86. The predicted molar refractivity (Wildman–Crippen MR) is 77.2 cm³/mol. The van der Waals surface area contributed by atoms with Crippen molar-refractivity contribution in [2.75, 3.05) is 0 Å². The van der Waals surface area contributed by atoms with Crippen LogP contribution in [0.15, 0.2) is 12.7 Å². The number of carbonyl (C=O) groups is 1. The molecular weight excluding hydrogens is 274 g/mol. The third-order valence-corrected chi connectivity index (χ3v) is 9.05. The number of hydrogen-bond donors (Lipinski definition) is 0. The number of allylic oxidation sites excluding steroid dienone is 1. The first-order valence-corrected chi connectivity index (χ1v) is 8.79. The molecule has 2 aliphatic carbocycles. The number of nitrogens with zero attached hydrogens (tertiary/aromatic N) is 1. The van der Waals surface area contributed by atoms with Crippen molar-refractivity contribution >= 4 is 15.9 Å². The predicted octanol–water partition coefficient (Wildman–Crippen LogP) is 2.67. The zero-order valence-electron chi connectivity index (χ0n) is 12.5. The molecule has 0 aromatic rings. The molecule has 0 N–H and O–H groups in total. The summed E-state index contributed by atoms with van der Waals surface area (Å²) in [5, 5.41) is 0. The van der Waals surface area contributed by atoms with E-state index in [2.05, 4.69) is 27.4 Å². The minimum atomic E-state index is -3.44. The van der Waals surface area contributed by atoms with E-state index in [1.54, 1.807) is 6.08 Å². The van der Waals surface area contributed by atoms with Crippen LogP contribution in [0.3, 0.4) is 0 Å². The summed E-state index contributed by atoms with van der Waals surface area (Å²) in [7, 11) is -3.44. The van der Waals surface area contributed by atoms with Crippen molar-refractivity contribution in [3.8, 4) is 0 Å². The van der Waals surface area contributed by atoms with Crippen LogP contribution in [0.25, 0.3) is 0 Å². The van der Waals surface area contributed by atoms with Crippen molar-refractivity contribution in [3.05, 3.63) is 12.7 Å². The highest BCUT2D eigenvalue weighted by molar-refractivity contribution is 7.97. The Balaban J connectivity index is 2.00. The van der Waals surface area contributed by atoms with Gasteiger partial charge in [0.1, 0.15) is 0 Å². The average Bonchev–Trinajstić information content (AvgIpc) is 2.68. The lowest BCUT2D eigenvalue weighted by Gasteiger charge is -2.37. The van der Waals surface area contributed by atoms with Gasteiger partial charge in [-0.3, -0.25) is 4.79 Å². The molecule has 3 fully saturated rings. The van der Waals surface area contributed by atoms with Gasteiger partial charge in [0.2, 0.25) is 5.91 Å². The quantitative estimate of drug-likeness (QED) is 0.594. The van der Waals surface area contributed by atoms with Gasteiger partial charge in [0, 0.05) is 11.8 Å². The second-order valence-electron chi connectivity index (χ2n) is 7.27. The Hall–Kier alpha value is -0.840. The van der Waals surface area contributed by atoms with E-state index in [9.17, 15) is 13.2 Å². The maximum Gasteiger partial charge on any atom is 0.264 e. The first-order valence-electron chi connectivity index (χ1n) is 7.35. The van der Waals surface area contributed by atoms with Gasteiger partial charge in [-0.15, -0.1) is 6.58 Å². The SMILES string of the molecule is C=CCCC(=O)N1[C@]2(CC3CCC2(C)C3(C)C)S1(=O)=O. The molecule has 1 heterocycles. The lowest BCUT2D eigenvalue weighted by molar-refractivity contribution is -0.127. The van der Waals surface area contributed by atoms with E-state index in [1.165, 1.54) is 4.31 Å².